The number of aromatic hydroxyl groups is 2. The summed E-state index contributed by atoms with van der Waals surface area (Å²) in [6.07, 6.45) is 10.8. The molecule has 0 bridgehead atoms. The highest BCUT2D eigenvalue weighted by molar-refractivity contribution is 5.98. The minimum Gasteiger partial charge on any atom is -0.507 e. The van der Waals surface area contributed by atoms with Crippen LogP contribution in [-0.4, -0.2) is 33.8 Å². The van der Waals surface area contributed by atoms with Crippen molar-refractivity contribution in [3.63, 3.8) is 0 Å². The van der Waals surface area contributed by atoms with Gasteiger partial charge < -0.3 is 10.2 Å². The van der Waals surface area contributed by atoms with Crippen LogP contribution in [0.2, 0.25) is 0 Å². The number of aryl methyl sites for hydroxylation is 2. The molecule has 44 heavy (non-hydrogen) atoms. The van der Waals surface area contributed by atoms with Gasteiger partial charge in [0, 0.05) is 12.3 Å². The second-order valence-corrected chi connectivity index (χ2v) is 11.3. The molecule has 0 spiro atoms. The van der Waals surface area contributed by atoms with Crippen molar-refractivity contribution in [2.75, 3.05) is 0 Å². The molecule has 0 aromatic heterocycles. The fraction of sp³-hybridized carbons (Fsp3) is 0.529. The highest BCUT2D eigenvalue weighted by Crippen LogP contribution is 2.21. The van der Waals surface area contributed by atoms with E-state index in [1.54, 1.807) is 24.3 Å². The van der Waals surface area contributed by atoms with Crippen molar-refractivity contribution in [2.45, 2.75) is 111 Å². The molecule has 2 rings (SSSR count). The van der Waals surface area contributed by atoms with Gasteiger partial charge in [-0.2, -0.15) is 0 Å². The van der Waals surface area contributed by atoms with Gasteiger partial charge in [0.1, 0.15) is 11.5 Å². The molecule has 2 aromatic rings. The summed E-state index contributed by atoms with van der Waals surface area (Å²) in [5.74, 6) is -2.52. The van der Waals surface area contributed by atoms with Gasteiger partial charge in [-0.05, 0) is 80.3 Å². The Hall–Kier alpha value is -4.08. The maximum atomic E-state index is 13.0. The van der Waals surface area contributed by atoms with E-state index in [9.17, 15) is 29.4 Å². The number of phenols is 2. The number of benzene rings is 2. The molecule has 0 aliphatic rings. The predicted octanol–water partition coefficient (Wildman–Crippen LogP) is 5.76. The third-order valence-electron chi connectivity index (χ3n) is 7.60. The van der Waals surface area contributed by atoms with Gasteiger partial charge in [-0.3, -0.25) is 40.9 Å². The van der Waals surface area contributed by atoms with E-state index in [-0.39, 0.29) is 46.8 Å². The Labute approximate surface area is 261 Å². The summed E-state index contributed by atoms with van der Waals surface area (Å²) in [6, 6.07) is 9.82. The number of amides is 4. The van der Waals surface area contributed by atoms with Crippen LogP contribution in [-0.2, 0) is 22.4 Å². The number of nitrogens with one attached hydrogen (secondary N) is 4. The molecule has 0 saturated heterocycles. The van der Waals surface area contributed by atoms with Crippen LogP contribution in [0.15, 0.2) is 36.4 Å². The van der Waals surface area contributed by atoms with Crippen LogP contribution in [0.25, 0.3) is 0 Å². The van der Waals surface area contributed by atoms with Crippen molar-refractivity contribution in [1.29, 1.82) is 0 Å². The number of carbonyl (C=O) groups is 4. The molecular weight excluding hydrogens is 560 g/mol. The lowest BCUT2D eigenvalue weighted by atomic mass is 9.94. The van der Waals surface area contributed by atoms with Gasteiger partial charge >= 0.3 is 0 Å². The van der Waals surface area contributed by atoms with Crippen molar-refractivity contribution in [1.82, 2.24) is 21.7 Å². The van der Waals surface area contributed by atoms with Gasteiger partial charge in [-0.1, -0.05) is 71.4 Å². The number of carbonyl (C=O) groups excluding carboxylic acids is 4. The molecule has 10 nitrogen and oxygen atoms in total. The third-order valence-corrected chi connectivity index (χ3v) is 7.60. The number of hydrazine groups is 2. The van der Waals surface area contributed by atoms with Crippen LogP contribution in [0.5, 0.6) is 11.5 Å². The van der Waals surface area contributed by atoms with E-state index < -0.39 is 11.8 Å². The van der Waals surface area contributed by atoms with Crippen LogP contribution in [0.1, 0.15) is 130 Å². The summed E-state index contributed by atoms with van der Waals surface area (Å²) < 4.78 is 0. The lowest BCUT2D eigenvalue weighted by Crippen LogP contribution is -2.44. The second kappa shape index (κ2) is 20.0. The zero-order valence-corrected chi connectivity index (χ0v) is 26.5. The number of unbranched alkanes of at least 4 members (excludes halogenated alkanes) is 5. The van der Waals surface area contributed by atoms with E-state index in [1.165, 1.54) is 12.1 Å². The molecular formula is C34H50N4O6. The Bertz CT molecular complexity index is 1230. The monoisotopic (exact) mass is 610 g/mol. The van der Waals surface area contributed by atoms with Crippen LogP contribution in [0.3, 0.4) is 0 Å². The van der Waals surface area contributed by atoms with E-state index in [4.69, 9.17) is 0 Å². The Kier molecular flexibility index (Phi) is 16.4. The fourth-order valence-corrected chi connectivity index (χ4v) is 4.87. The Balaban J connectivity index is 1.83. The summed E-state index contributed by atoms with van der Waals surface area (Å²) in [5.41, 5.74) is 11.8. The standard InChI is InChI=1S/C34H50N4O6/c1-4-7-10-15-26(32(42)36-38-34(44)28-23-25(14-9-6-3)19-21-30(28)40)16-11-12-17-31(41)35-37-33(43)27-22-24(13-8-5-2)18-20-29(27)39/h18-23,26,39-40H,4-17H2,1-3H3,(H,35,41)(H,36,42)(H,37,43)(H,38,44). The van der Waals surface area contributed by atoms with E-state index in [2.05, 4.69) is 42.5 Å². The maximum Gasteiger partial charge on any atom is 0.273 e. The molecule has 4 amide bonds. The molecule has 0 aliphatic heterocycles. The Morgan fingerprint density at radius 2 is 1.09 bits per heavy atom. The van der Waals surface area contributed by atoms with Gasteiger partial charge in [0.05, 0.1) is 11.1 Å². The number of hydrogen-bond donors (Lipinski definition) is 6. The maximum absolute atomic E-state index is 13.0. The van der Waals surface area contributed by atoms with Crippen LogP contribution in [0.4, 0.5) is 0 Å². The Morgan fingerprint density at radius 1 is 0.614 bits per heavy atom. The van der Waals surface area contributed by atoms with Crippen molar-refractivity contribution < 1.29 is 29.4 Å². The highest BCUT2D eigenvalue weighted by Gasteiger charge is 2.20. The summed E-state index contributed by atoms with van der Waals surface area (Å²) in [6.45, 7) is 6.24. The first-order chi connectivity index (χ1) is 21.2. The van der Waals surface area contributed by atoms with Crippen molar-refractivity contribution in [3.05, 3.63) is 58.7 Å². The fourth-order valence-electron chi connectivity index (χ4n) is 4.87. The van der Waals surface area contributed by atoms with E-state index in [0.717, 1.165) is 68.9 Å². The molecule has 0 aliphatic carbocycles. The smallest absolute Gasteiger partial charge is 0.273 e. The first kappa shape index (κ1) is 36.1. The molecule has 0 saturated carbocycles. The molecule has 6 N–H and O–H groups in total. The molecule has 0 heterocycles. The molecule has 2 aromatic carbocycles. The van der Waals surface area contributed by atoms with E-state index >= 15 is 0 Å². The molecule has 0 radical (unpaired) electrons. The number of rotatable bonds is 18. The van der Waals surface area contributed by atoms with Gasteiger partial charge in [0.15, 0.2) is 0 Å². The molecule has 1 atom stereocenters. The largest absolute Gasteiger partial charge is 0.507 e. The van der Waals surface area contributed by atoms with Gasteiger partial charge in [0.2, 0.25) is 11.8 Å². The molecule has 10 heteroatoms. The zero-order valence-electron chi connectivity index (χ0n) is 26.5. The van der Waals surface area contributed by atoms with Gasteiger partial charge in [-0.25, -0.2) is 0 Å². The first-order valence-electron chi connectivity index (χ1n) is 16.0. The van der Waals surface area contributed by atoms with E-state index in [0.29, 0.717) is 25.7 Å². The number of hydrogen-bond acceptors (Lipinski definition) is 6. The topological polar surface area (TPSA) is 157 Å². The summed E-state index contributed by atoms with van der Waals surface area (Å²) in [4.78, 5) is 50.6. The molecule has 1 unspecified atom stereocenters. The lowest BCUT2D eigenvalue weighted by Gasteiger charge is -2.17. The van der Waals surface area contributed by atoms with Crippen molar-refractivity contribution in [2.24, 2.45) is 5.92 Å². The average molecular weight is 611 g/mol. The van der Waals surface area contributed by atoms with Gasteiger partial charge in [-0.15, -0.1) is 0 Å². The summed E-state index contributed by atoms with van der Waals surface area (Å²) >= 11 is 0. The summed E-state index contributed by atoms with van der Waals surface area (Å²) in [7, 11) is 0. The SMILES string of the molecule is CCCCCC(CCCCC(=O)NNC(=O)c1cc(CCCC)ccc1O)C(=O)NNC(=O)c1cc(CCCC)ccc1O. The predicted molar refractivity (Wildman–Crippen MR) is 171 cm³/mol. The van der Waals surface area contributed by atoms with Crippen LogP contribution >= 0.6 is 0 Å². The second-order valence-electron chi connectivity index (χ2n) is 11.3. The average Bonchev–Trinajstić information content (AvgIpc) is 3.02. The highest BCUT2D eigenvalue weighted by atomic mass is 16.3. The van der Waals surface area contributed by atoms with E-state index in [1.807, 2.05) is 0 Å². The van der Waals surface area contributed by atoms with Crippen LogP contribution < -0.4 is 21.7 Å². The minimum atomic E-state index is -0.593. The Morgan fingerprint density at radius 3 is 1.59 bits per heavy atom. The molecule has 0 fully saturated rings. The molecule has 242 valence electrons. The third kappa shape index (κ3) is 12.7. The number of phenolic OH excluding ortho intramolecular Hbond substituents is 2. The minimum absolute atomic E-state index is 0.103. The van der Waals surface area contributed by atoms with Gasteiger partial charge in [0.25, 0.3) is 11.8 Å². The normalized spacial score (nSPS) is 11.4. The summed E-state index contributed by atoms with van der Waals surface area (Å²) in [5, 5.41) is 20.3. The lowest BCUT2D eigenvalue weighted by molar-refractivity contribution is -0.126. The van der Waals surface area contributed by atoms with Crippen molar-refractivity contribution >= 4 is 23.6 Å². The van der Waals surface area contributed by atoms with Crippen molar-refractivity contribution in [3.8, 4) is 11.5 Å². The quantitative estimate of drug-likeness (QED) is 0.0930. The first-order valence-corrected chi connectivity index (χ1v) is 16.0. The van der Waals surface area contributed by atoms with Crippen LogP contribution in [0, 0.1) is 5.92 Å². The zero-order chi connectivity index (χ0) is 32.3.